The van der Waals surface area contributed by atoms with E-state index in [2.05, 4.69) is 51.7 Å². The second-order valence-electron chi connectivity index (χ2n) is 6.69. The minimum atomic E-state index is -0.432. The van der Waals surface area contributed by atoms with Crippen molar-refractivity contribution < 1.29 is 4.79 Å². The second-order valence-corrected chi connectivity index (χ2v) is 6.69. The van der Waals surface area contributed by atoms with Crippen molar-refractivity contribution in [3.63, 3.8) is 0 Å². The predicted molar refractivity (Wildman–Crippen MR) is 90.6 cm³/mol. The average molecular weight is 289 g/mol. The van der Waals surface area contributed by atoms with Gasteiger partial charge in [-0.1, -0.05) is 58.0 Å². The van der Waals surface area contributed by atoms with Gasteiger partial charge in [0.15, 0.2) is 0 Å². The van der Waals surface area contributed by atoms with E-state index in [-0.39, 0.29) is 0 Å². The lowest BCUT2D eigenvalue weighted by Crippen LogP contribution is -2.46. The third kappa shape index (κ3) is 4.96. The highest BCUT2D eigenvalue weighted by Gasteiger charge is 2.31. The van der Waals surface area contributed by atoms with Gasteiger partial charge in [-0.05, 0) is 31.2 Å². The molecule has 0 aromatic heterocycles. The first-order valence-electron chi connectivity index (χ1n) is 8.22. The molecular weight excluding hydrogens is 258 g/mol. The molecule has 118 valence electrons. The van der Waals surface area contributed by atoms with Gasteiger partial charge in [-0.25, -0.2) is 0 Å². The van der Waals surface area contributed by atoms with E-state index >= 15 is 0 Å². The molecule has 0 spiro atoms. The molecule has 2 heteroatoms. The fraction of sp³-hybridized carbons (Fsp3) is 0.632. The smallest absolute Gasteiger partial charge is 0.131 e. The number of benzene rings is 1. The van der Waals surface area contributed by atoms with Crippen LogP contribution in [0.3, 0.4) is 0 Å². The monoisotopic (exact) mass is 289 g/mol. The summed E-state index contributed by atoms with van der Waals surface area (Å²) in [5, 5.41) is 0. The summed E-state index contributed by atoms with van der Waals surface area (Å²) in [6.07, 6.45) is 3.39. The number of carbonyl (C=O) groups is 1. The van der Waals surface area contributed by atoms with Crippen molar-refractivity contribution in [3.05, 3.63) is 35.9 Å². The number of carbonyl (C=O) groups excluding carboxylic acids is 1. The third-order valence-corrected chi connectivity index (χ3v) is 4.28. The number of hydrogen-bond acceptors (Lipinski definition) is 2. The van der Waals surface area contributed by atoms with Crippen LogP contribution in [0.15, 0.2) is 30.3 Å². The molecule has 0 N–H and O–H groups in total. The fourth-order valence-electron chi connectivity index (χ4n) is 3.05. The molecule has 2 nitrogen and oxygen atoms in total. The maximum absolute atomic E-state index is 11.8. The van der Waals surface area contributed by atoms with Crippen molar-refractivity contribution in [2.45, 2.75) is 58.9 Å². The van der Waals surface area contributed by atoms with Gasteiger partial charge in [-0.2, -0.15) is 0 Å². The summed E-state index contributed by atoms with van der Waals surface area (Å²) < 4.78 is 0. The molecule has 1 atom stereocenters. The minimum Gasteiger partial charge on any atom is -0.302 e. The van der Waals surface area contributed by atoms with Gasteiger partial charge in [-0.15, -0.1) is 0 Å². The fourth-order valence-corrected chi connectivity index (χ4v) is 3.05. The van der Waals surface area contributed by atoms with Crippen molar-refractivity contribution in [2.24, 2.45) is 5.92 Å². The van der Waals surface area contributed by atoms with E-state index in [1.807, 2.05) is 18.2 Å². The molecule has 1 aromatic carbocycles. The lowest BCUT2D eigenvalue weighted by Gasteiger charge is -2.37. The van der Waals surface area contributed by atoms with E-state index in [0.717, 1.165) is 37.8 Å². The molecule has 0 aliphatic rings. The molecule has 1 rings (SSSR count). The molecule has 1 unspecified atom stereocenters. The Balaban J connectivity index is 3.00. The Hall–Kier alpha value is -1.15. The van der Waals surface area contributed by atoms with Crippen molar-refractivity contribution in [3.8, 4) is 0 Å². The Morgan fingerprint density at radius 2 is 1.71 bits per heavy atom. The minimum absolute atomic E-state index is 0.432. The number of hydrogen-bond donors (Lipinski definition) is 0. The SMILES string of the molecule is CCC(CC)N(CC(C)C)CC(C)(C=O)c1ccccc1. The number of nitrogens with zero attached hydrogens (tertiary/aromatic N) is 1. The molecule has 0 heterocycles. The van der Waals surface area contributed by atoms with Crippen molar-refractivity contribution in [2.75, 3.05) is 13.1 Å². The largest absolute Gasteiger partial charge is 0.302 e. The first-order chi connectivity index (χ1) is 9.96. The van der Waals surface area contributed by atoms with Crippen molar-refractivity contribution in [1.82, 2.24) is 4.90 Å². The van der Waals surface area contributed by atoms with E-state index in [4.69, 9.17) is 0 Å². The first-order valence-corrected chi connectivity index (χ1v) is 8.22. The summed E-state index contributed by atoms with van der Waals surface area (Å²) in [5.41, 5.74) is 0.679. The van der Waals surface area contributed by atoms with Crippen LogP contribution in [0.1, 0.15) is 53.0 Å². The number of rotatable bonds is 9. The summed E-state index contributed by atoms with van der Waals surface area (Å²) in [5.74, 6) is 0.609. The van der Waals surface area contributed by atoms with Crippen LogP contribution in [0.5, 0.6) is 0 Å². The van der Waals surface area contributed by atoms with Gasteiger partial charge in [0.2, 0.25) is 0 Å². The van der Waals surface area contributed by atoms with E-state index in [9.17, 15) is 4.79 Å². The molecule has 21 heavy (non-hydrogen) atoms. The van der Waals surface area contributed by atoms with E-state index in [0.29, 0.717) is 12.0 Å². The maximum atomic E-state index is 11.8. The molecule has 0 amide bonds. The Labute approximate surface area is 130 Å². The van der Waals surface area contributed by atoms with Crippen LogP contribution < -0.4 is 0 Å². The van der Waals surface area contributed by atoms with Gasteiger partial charge in [0.05, 0.1) is 5.41 Å². The lowest BCUT2D eigenvalue weighted by molar-refractivity contribution is -0.113. The van der Waals surface area contributed by atoms with Gasteiger partial charge in [-0.3, -0.25) is 4.90 Å². The zero-order chi connectivity index (χ0) is 15.9. The zero-order valence-corrected chi connectivity index (χ0v) is 14.3. The van der Waals surface area contributed by atoms with Gasteiger partial charge >= 0.3 is 0 Å². The Morgan fingerprint density at radius 3 is 2.14 bits per heavy atom. The van der Waals surface area contributed by atoms with Crippen molar-refractivity contribution in [1.29, 1.82) is 0 Å². The van der Waals surface area contributed by atoms with Gasteiger partial charge in [0.1, 0.15) is 6.29 Å². The second kappa shape index (κ2) is 8.33. The van der Waals surface area contributed by atoms with Gasteiger partial charge < -0.3 is 4.79 Å². The van der Waals surface area contributed by atoms with Crippen LogP contribution in [-0.4, -0.2) is 30.3 Å². The van der Waals surface area contributed by atoms with Gasteiger partial charge in [0, 0.05) is 19.1 Å². The van der Waals surface area contributed by atoms with E-state index in [1.165, 1.54) is 0 Å². The van der Waals surface area contributed by atoms with Crippen LogP contribution in [-0.2, 0) is 10.2 Å². The van der Waals surface area contributed by atoms with Crippen LogP contribution in [0.25, 0.3) is 0 Å². The highest BCUT2D eigenvalue weighted by molar-refractivity contribution is 5.68. The van der Waals surface area contributed by atoms with Crippen LogP contribution >= 0.6 is 0 Å². The normalized spacial score (nSPS) is 14.7. The van der Waals surface area contributed by atoms with Crippen molar-refractivity contribution >= 4 is 6.29 Å². The molecule has 0 bridgehead atoms. The third-order valence-electron chi connectivity index (χ3n) is 4.28. The first kappa shape index (κ1) is 17.9. The highest BCUT2D eigenvalue weighted by Crippen LogP contribution is 2.25. The Bertz CT molecular complexity index is 411. The molecule has 1 aromatic rings. The highest BCUT2D eigenvalue weighted by atomic mass is 16.1. The van der Waals surface area contributed by atoms with Gasteiger partial charge in [0.25, 0.3) is 0 Å². The standard InChI is InChI=1S/C19H31NO/c1-6-18(7-2)20(13-16(3)4)14-19(5,15-21)17-11-9-8-10-12-17/h8-12,15-16,18H,6-7,13-14H2,1-5H3. The Morgan fingerprint density at radius 1 is 1.14 bits per heavy atom. The summed E-state index contributed by atoms with van der Waals surface area (Å²) in [6, 6.07) is 10.7. The van der Waals surface area contributed by atoms with Crippen LogP contribution in [0, 0.1) is 5.92 Å². The Kier molecular flexibility index (Phi) is 7.10. The molecule has 0 aliphatic carbocycles. The summed E-state index contributed by atoms with van der Waals surface area (Å²) in [4.78, 5) is 14.3. The lowest BCUT2D eigenvalue weighted by atomic mass is 9.82. The molecule has 0 saturated carbocycles. The quantitative estimate of drug-likeness (QED) is 0.632. The molecule has 0 radical (unpaired) electrons. The molecular formula is C19H31NO. The zero-order valence-electron chi connectivity index (χ0n) is 14.3. The predicted octanol–water partition coefficient (Wildman–Crippen LogP) is 4.29. The summed E-state index contributed by atoms with van der Waals surface area (Å²) in [6.45, 7) is 12.9. The van der Waals surface area contributed by atoms with Crippen LogP contribution in [0.2, 0.25) is 0 Å². The average Bonchev–Trinajstić information content (AvgIpc) is 2.48. The molecule has 0 fully saturated rings. The van der Waals surface area contributed by atoms with E-state index < -0.39 is 5.41 Å². The topological polar surface area (TPSA) is 20.3 Å². The maximum Gasteiger partial charge on any atom is 0.131 e. The molecule has 0 aliphatic heterocycles. The van der Waals surface area contributed by atoms with Crippen LogP contribution in [0.4, 0.5) is 0 Å². The van der Waals surface area contributed by atoms with E-state index in [1.54, 1.807) is 0 Å². The summed E-state index contributed by atoms with van der Waals surface area (Å²) >= 11 is 0. The summed E-state index contributed by atoms with van der Waals surface area (Å²) in [7, 11) is 0. The molecule has 0 saturated heterocycles. The number of aldehydes is 1.